The van der Waals surface area contributed by atoms with E-state index in [1.165, 1.54) is 42.0 Å². The van der Waals surface area contributed by atoms with Crippen LogP contribution in [0.3, 0.4) is 0 Å². The van der Waals surface area contributed by atoms with Crippen molar-refractivity contribution >= 4 is 109 Å². The fourth-order valence-electron chi connectivity index (χ4n) is 10.7. The zero-order valence-electron chi connectivity index (χ0n) is 38.5. The number of aromatic nitrogens is 1. The summed E-state index contributed by atoms with van der Waals surface area (Å²) in [6, 6.07) is 94.0. The van der Waals surface area contributed by atoms with Gasteiger partial charge in [0.15, 0.2) is 5.58 Å². The molecule has 0 aliphatic heterocycles. The van der Waals surface area contributed by atoms with Crippen LogP contribution >= 0.6 is 11.3 Å². The quantitative estimate of drug-likeness (QED) is 0.144. The van der Waals surface area contributed by atoms with Crippen LogP contribution in [0.1, 0.15) is 0 Å². The maximum absolute atomic E-state index is 7.06. The Balaban J connectivity index is 0.952. The molecule has 334 valence electrons. The number of nitrogens with zero attached hydrogens (tertiary/aromatic N) is 3. The minimum atomic E-state index is 0.836. The second kappa shape index (κ2) is 16.8. The van der Waals surface area contributed by atoms with E-state index in [2.05, 4.69) is 275 Å². The second-order valence-corrected chi connectivity index (χ2v) is 19.2. The van der Waals surface area contributed by atoms with Crippen molar-refractivity contribution < 1.29 is 4.42 Å². The Morgan fingerprint density at radius 2 is 0.873 bits per heavy atom. The van der Waals surface area contributed by atoms with Gasteiger partial charge in [0.25, 0.3) is 0 Å². The molecule has 0 saturated heterocycles. The van der Waals surface area contributed by atoms with Crippen LogP contribution in [0.25, 0.3) is 91.9 Å². The van der Waals surface area contributed by atoms with Gasteiger partial charge in [-0.15, -0.1) is 11.3 Å². The largest absolute Gasteiger partial charge is 0.453 e. The number of hydrogen-bond donors (Lipinski definition) is 0. The fraction of sp³-hybridized carbons (Fsp3) is 0. The van der Waals surface area contributed by atoms with E-state index < -0.39 is 0 Å². The highest BCUT2D eigenvalue weighted by atomic mass is 32.1. The SMILES string of the molecule is c1ccc(-c2cccc3c2oc2c(N(c4ccccc4)c4cccc(N(c5cccc(-c6ccc7c8ccccc8n(-c8ccccc8)c7c6)c5)c5ccc6sc7ccccc7c6c5)c4)cccc23)cc1. The molecule has 71 heavy (non-hydrogen) atoms. The molecule has 0 fully saturated rings. The zero-order valence-corrected chi connectivity index (χ0v) is 39.3. The van der Waals surface area contributed by atoms with Gasteiger partial charge in [-0.2, -0.15) is 0 Å². The minimum Gasteiger partial charge on any atom is -0.453 e. The molecule has 0 unspecified atom stereocenters. The average Bonchev–Trinajstić information content (AvgIpc) is 4.12. The molecule has 4 nitrogen and oxygen atoms in total. The standard InChI is InChI=1S/C66H43N3OS/c1-4-18-44(19-5-1)53-30-16-31-57-58-32-17-34-61(66(58)70-65(53)57)68(47-21-6-2-7-22-47)51-27-15-26-50(42-51)67(52-37-39-64-59(43-52)56-29-11-13-35-63(56)71-64)49-25-14-20-45(40-49)46-36-38-55-54-28-10-12-33-60(54)69(62(55)41-46)48-23-8-3-9-24-48/h1-43H. The fourth-order valence-corrected chi connectivity index (χ4v) is 11.8. The van der Waals surface area contributed by atoms with E-state index in [0.29, 0.717) is 0 Å². The predicted molar refractivity (Wildman–Crippen MR) is 301 cm³/mol. The van der Waals surface area contributed by atoms with Crippen molar-refractivity contribution in [3.8, 4) is 27.9 Å². The lowest BCUT2D eigenvalue weighted by Gasteiger charge is -2.29. The van der Waals surface area contributed by atoms with Crippen molar-refractivity contribution in [2.24, 2.45) is 0 Å². The van der Waals surface area contributed by atoms with E-state index >= 15 is 0 Å². The van der Waals surface area contributed by atoms with Crippen molar-refractivity contribution in [2.75, 3.05) is 9.80 Å². The van der Waals surface area contributed by atoms with Crippen LogP contribution in [0.4, 0.5) is 34.1 Å². The van der Waals surface area contributed by atoms with Gasteiger partial charge in [-0.3, -0.25) is 0 Å². The van der Waals surface area contributed by atoms with Crippen LogP contribution in [0.2, 0.25) is 0 Å². The third-order valence-electron chi connectivity index (χ3n) is 13.9. The lowest BCUT2D eigenvalue weighted by atomic mass is 10.0. The predicted octanol–water partition coefficient (Wildman–Crippen LogP) is 19.3. The average molecular weight is 926 g/mol. The first kappa shape index (κ1) is 40.9. The Morgan fingerprint density at radius 1 is 0.310 bits per heavy atom. The maximum atomic E-state index is 7.06. The smallest absolute Gasteiger partial charge is 0.159 e. The Labute approximate surface area is 414 Å². The second-order valence-electron chi connectivity index (χ2n) is 18.1. The lowest BCUT2D eigenvalue weighted by Crippen LogP contribution is -2.13. The molecule has 0 atom stereocenters. The van der Waals surface area contributed by atoms with Crippen molar-refractivity contribution in [1.29, 1.82) is 0 Å². The zero-order chi connectivity index (χ0) is 46.8. The summed E-state index contributed by atoms with van der Waals surface area (Å²) >= 11 is 1.84. The van der Waals surface area contributed by atoms with Gasteiger partial charge in [0.1, 0.15) is 5.58 Å². The molecule has 14 aromatic rings. The van der Waals surface area contributed by atoms with E-state index in [1.54, 1.807) is 0 Å². The summed E-state index contributed by atoms with van der Waals surface area (Å²) in [5, 5.41) is 7.15. The number of para-hydroxylation sites is 5. The molecule has 0 bridgehead atoms. The molecule has 0 aliphatic rings. The van der Waals surface area contributed by atoms with E-state index in [9.17, 15) is 0 Å². The third-order valence-corrected chi connectivity index (χ3v) is 15.1. The molecule has 0 spiro atoms. The number of anilines is 6. The Bertz CT molecular complexity index is 4300. The van der Waals surface area contributed by atoms with Crippen molar-refractivity contribution in [2.45, 2.75) is 0 Å². The van der Waals surface area contributed by atoms with Crippen LogP contribution < -0.4 is 9.80 Å². The summed E-state index contributed by atoms with van der Waals surface area (Å²) in [6.45, 7) is 0. The summed E-state index contributed by atoms with van der Waals surface area (Å²) in [5.74, 6) is 0. The number of hydrogen-bond acceptors (Lipinski definition) is 4. The summed E-state index contributed by atoms with van der Waals surface area (Å²) in [5.41, 5.74) is 15.9. The third kappa shape index (κ3) is 6.89. The van der Waals surface area contributed by atoms with Crippen LogP contribution in [0.15, 0.2) is 265 Å². The Morgan fingerprint density at radius 3 is 1.70 bits per heavy atom. The highest BCUT2D eigenvalue weighted by Crippen LogP contribution is 2.47. The summed E-state index contributed by atoms with van der Waals surface area (Å²) < 4.78 is 12.0. The molecule has 11 aromatic carbocycles. The molecular weight excluding hydrogens is 883 g/mol. The molecule has 3 heterocycles. The first-order valence-electron chi connectivity index (χ1n) is 24.1. The van der Waals surface area contributed by atoms with Gasteiger partial charge in [0, 0.05) is 81.4 Å². The summed E-state index contributed by atoms with van der Waals surface area (Å²) in [7, 11) is 0. The topological polar surface area (TPSA) is 24.6 Å². The van der Waals surface area contributed by atoms with Gasteiger partial charge in [-0.25, -0.2) is 0 Å². The Hall–Kier alpha value is -9.16. The normalized spacial score (nSPS) is 11.7. The van der Waals surface area contributed by atoms with Gasteiger partial charge in [0.05, 0.1) is 16.7 Å². The minimum absolute atomic E-state index is 0.836. The number of furan rings is 1. The first-order chi connectivity index (χ1) is 35.2. The van der Waals surface area contributed by atoms with Gasteiger partial charge in [0.2, 0.25) is 0 Å². The number of thiophene rings is 1. The molecule has 0 amide bonds. The summed E-state index contributed by atoms with van der Waals surface area (Å²) in [4.78, 5) is 4.75. The molecular formula is C66H43N3OS. The first-order valence-corrected chi connectivity index (χ1v) is 24.9. The summed E-state index contributed by atoms with van der Waals surface area (Å²) in [6.07, 6.45) is 0. The maximum Gasteiger partial charge on any atom is 0.159 e. The molecule has 0 N–H and O–H groups in total. The number of rotatable bonds is 9. The van der Waals surface area contributed by atoms with Crippen molar-refractivity contribution in [3.05, 3.63) is 261 Å². The van der Waals surface area contributed by atoms with E-state index in [4.69, 9.17) is 4.42 Å². The van der Waals surface area contributed by atoms with Crippen molar-refractivity contribution in [1.82, 2.24) is 4.57 Å². The van der Waals surface area contributed by atoms with Crippen LogP contribution in [0.5, 0.6) is 0 Å². The molecule has 0 saturated carbocycles. The lowest BCUT2D eigenvalue weighted by molar-refractivity contribution is 0.670. The molecule has 0 radical (unpaired) electrons. The van der Waals surface area contributed by atoms with Crippen molar-refractivity contribution in [3.63, 3.8) is 0 Å². The monoisotopic (exact) mass is 925 g/mol. The molecule has 0 aliphatic carbocycles. The molecule has 5 heteroatoms. The van der Waals surface area contributed by atoms with Gasteiger partial charge in [-0.1, -0.05) is 164 Å². The highest BCUT2D eigenvalue weighted by molar-refractivity contribution is 7.25. The van der Waals surface area contributed by atoms with E-state index in [0.717, 1.165) is 84.0 Å². The van der Waals surface area contributed by atoms with E-state index in [-0.39, 0.29) is 0 Å². The van der Waals surface area contributed by atoms with Crippen LogP contribution in [-0.4, -0.2) is 4.57 Å². The van der Waals surface area contributed by atoms with Crippen LogP contribution in [0, 0.1) is 0 Å². The highest BCUT2D eigenvalue weighted by Gasteiger charge is 2.23. The molecule has 14 rings (SSSR count). The van der Waals surface area contributed by atoms with Gasteiger partial charge >= 0.3 is 0 Å². The van der Waals surface area contributed by atoms with Gasteiger partial charge < -0.3 is 18.8 Å². The van der Waals surface area contributed by atoms with Gasteiger partial charge in [-0.05, 0) is 114 Å². The number of fused-ring (bicyclic) bond motifs is 9. The van der Waals surface area contributed by atoms with E-state index in [1.807, 2.05) is 11.3 Å². The Kier molecular flexibility index (Phi) is 9.68. The van der Waals surface area contributed by atoms with Crippen LogP contribution in [-0.2, 0) is 0 Å². The number of benzene rings is 11. The molecule has 3 aromatic heterocycles.